The second-order valence-electron chi connectivity index (χ2n) is 5.08. The number of carbonyl (C=O) groups excluding carboxylic acids is 1. The fraction of sp³-hybridized carbons (Fsp3) is 0.500. The Balaban J connectivity index is 1.54. The topological polar surface area (TPSA) is 50.4 Å². The number of hydrogen-bond donors (Lipinski definition) is 2. The van der Waals surface area contributed by atoms with E-state index in [4.69, 9.17) is 4.74 Å². The van der Waals surface area contributed by atoms with Crippen molar-refractivity contribution in [2.45, 2.75) is 24.5 Å². The molecular weight excluding hydrogens is 247 g/mol. The van der Waals surface area contributed by atoms with E-state index in [0.29, 0.717) is 13.2 Å². The zero-order valence-corrected chi connectivity index (χ0v) is 10.6. The lowest BCUT2D eigenvalue weighted by Crippen LogP contribution is -2.48. The van der Waals surface area contributed by atoms with Crippen LogP contribution < -0.4 is 10.6 Å². The number of ether oxygens (including phenoxy) is 1. The van der Waals surface area contributed by atoms with Crippen LogP contribution in [0.2, 0.25) is 0 Å². The molecule has 2 aliphatic rings. The zero-order valence-electron chi connectivity index (χ0n) is 10.6. The first-order chi connectivity index (χ1) is 9.24. The molecule has 1 saturated carbocycles. The lowest BCUT2D eigenvalue weighted by molar-refractivity contribution is -0.134. The first-order valence-corrected chi connectivity index (χ1v) is 6.62. The van der Waals surface area contributed by atoms with Gasteiger partial charge in [0.15, 0.2) is 0 Å². The van der Waals surface area contributed by atoms with Crippen LogP contribution in [0.25, 0.3) is 0 Å². The number of nitrogens with one attached hydrogen (secondary N) is 2. The number of morpholine rings is 1. The fourth-order valence-electron chi connectivity index (χ4n) is 2.47. The van der Waals surface area contributed by atoms with Gasteiger partial charge < -0.3 is 15.4 Å². The van der Waals surface area contributed by atoms with Crippen molar-refractivity contribution in [1.82, 2.24) is 10.6 Å². The summed E-state index contributed by atoms with van der Waals surface area (Å²) in [6.45, 7) is 1.92. The summed E-state index contributed by atoms with van der Waals surface area (Å²) in [6, 6.07) is 6.69. The van der Waals surface area contributed by atoms with Gasteiger partial charge in [-0.25, -0.2) is 4.39 Å². The van der Waals surface area contributed by atoms with Crippen molar-refractivity contribution in [3.63, 3.8) is 0 Å². The van der Waals surface area contributed by atoms with Crippen molar-refractivity contribution in [1.29, 1.82) is 0 Å². The highest BCUT2D eigenvalue weighted by molar-refractivity contribution is 5.82. The second kappa shape index (κ2) is 5.27. The van der Waals surface area contributed by atoms with Crippen LogP contribution in [-0.4, -0.2) is 37.7 Å². The molecule has 3 unspecified atom stereocenters. The van der Waals surface area contributed by atoms with Crippen LogP contribution in [-0.2, 0) is 9.53 Å². The van der Waals surface area contributed by atoms with E-state index in [2.05, 4.69) is 10.6 Å². The van der Waals surface area contributed by atoms with E-state index in [9.17, 15) is 9.18 Å². The molecule has 1 aromatic carbocycles. The Kier molecular flexibility index (Phi) is 3.48. The van der Waals surface area contributed by atoms with Crippen LogP contribution in [0, 0.1) is 5.82 Å². The summed E-state index contributed by atoms with van der Waals surface area (Å²) in [6.07, 6.45) is 0.470. The molecular formula is C14H17FN2O2. The second-order valence-corrected chi connectivity index (χ2v) is 5.08. The van der Waals surface area contributed by atoms with Gasteiger partial charge in [0.25, 0.3) is 5.91 Å². The quantitative estimate of drug-likeness (QED) is 0.848. The minimum absolute atomic E-state index is 0.0731. The van der Waals surface area contributed by atoms with Gasteiger partial charge in [-0.1, -0.05) is 12.1 Å². The Morgan fingerprint density at radius 3 is 3.11 bits per heavy atom. The normalized spacial score (nSPS) is 29.8. The molecule has 4 nitrogen and oxygen atoms in total. The molecule has 1 aromatic rings. The van der Waals surface area contributed by atoms with E-state index in [1.165, 1.54) is 12.1 Å². The molecule has 0 aromatic heterocycles. The molecule has 1 aliphatic heterocycles. The van der Waals surface area contributed by atoms with Crippen molar-refractivity contribution in [3.05, 3.63) is 35.6 Å². The highest BCUT2D eigenvalue weighted by atomic mass is 19.1. The maximum atomic E-state index is 13.1. The molecule has 5 heteroatoms. The Labute approximate surface area is 111 Å². The highest BCUT2D eigenvalue weighted by Gasteiger charge is 2.40. The number of amides is 1. The molecule has 2 fully saturated rings. The monoisotopic (exact) mass is 264 g/mol. The first-order valence-electron chi connectivity index (χ1n) is 6.62. The van der Waals surface area contributed by atoms with E-state index in [0.717, 1.165) is 18.5 Å². The third kappa shape index (κ3) is 2.93. The predicted octanol–water partition coefficient (Wildman–Crippen LogP) is 0.786. The average molecular weight is 264 g/mol. The van der Waals surface area contributed by atoms with Crippen LogP contribution in [0.5, 0.6) is 0 Å². The molecule has 102 valence electrons. The molecule has 1 aliphatic carbocycles. The van der Waals surface area contributed by atoms with Gasteiger partial charge in [-0.05, 0) is 24.1 Å². The predicted molar refractivity (Wildman–Crippen MR) is 68.3 cm³/mol. The van der Waals surface area contributed by atoms with E-state index >= 15 is 0 Å². The van der Waals surface area contributed by atoms with Crippen LogP contribution in [0.4, 0.5) is 4.39 Å². The Bertz CT molecular complexity index is 474. The summed E-state index contributed by atoms with van der Waals surface area (Å²) in [7, 11) is 0. The van der Waals surface area contributed by atoms with Gasteiger partial charge in [0.05, 0.1) is 6.61 Å². The molecule has 0 bridgehead atoms. The standard InChI is InChI=1S/C14H17FN2O2/c15-10-3-1-2-9(6-10)11-7-12(11)17-14(18)13-8-16-4-5-19-13/h1-3,6,11-13,16H,4-5,7-8H2,(H,17,18). The van der Waals surface area contributed by atoms with E-state index in [1.807, 2.05) is 6.07 Å². The van der Waals surface area contributed by atoms with Crippen LogP contribution in [0.15, 0.2) is 24.3 Å². The molecule has 3 rings (SSSR count). The fourth-order valence-corrected chi connectivity index (χ4v) is 2.47. The summed E-state index contributed by atoms with van der Waals surface area (Å²) in [4.78, 5) is 11.9. The SMILES string of the molecule is O=C(NC1CC1c1cccc(F)c1)C1CNCCO1. The smallest absolute Gasteiger partial charge is 0.250 e. The Morgan fingerprint density at radius 1 is 1.47 bits per heavy atom. The molecule has 0 spiro atoms. The molecule has 1 amide bonds. The first kappa shape index (κ1) is 12.6. The van der Waals surface area contributed by atoms with Crippen molar-refractivity contribution >= 4 is 5.91 Å². The molecule has 3 atom stereocenters. The summed E-state index contributed by atoms with van der Waals surface area (Å²) in [5.41, 5.74) is 0.952. The summed E-state index contributed by atoms with van der Waals surface area (Å²) in [5, 5.41) is 6.09. The number of rotatable bonds is 3. The third-order valence-corrected chi connectivity index (χ3v) is 3.61. The van der Waals surface area contributed by atoms with Crippen molar-refractivity contribution in [2.24, 2.45) is 0 Å². The minimum Gasteiger partial charge on any atom is -0.366 e. The maximum absolute atomic E-state index is 13.1. The van der Waals surface area contributed by atoms with Crippen molar-refractivity contribution in [3.8, 4) is 0 Å². The Morgan fingerprint density at radius 2 is 2.37 bits per heavy atom. The lowest BCUT2D eigenvalue weighted by Gasteiger charge is -2.22. The van der Waals surface area contributed by atoms with Gasteiger partial charge in [-0.2, -0.15) is 0 Å². The molecule has 19 heavy (non-hydrogen) atoms. The largest absolute Gasteiger partial charge is 0.366 e. The highest BCUT2D eigenvalue weighted by Crippen LogP contribution is 2.40. The summed E-state index contributed by atoms with van der Waals surface area (Å²) >= 11 is 0. The van der Waals surface area contributed by atoms with Crippen molar-refractivity contribution < 1.29 is 13.9 Å². The van der Waals surface area contributed by atoms with Crippen molar-refractivity contribution in [2.75, 3.05) is 19.7 Å². The van der Waals surface area contributed by atoms with E-state index in [1.54, 1.807) is 6.07 Å². The number of hydrogen-bond acceptors (Lipinski definition) is 3. The summed E-state index contributed by atoms with van der Waals surface area (Å²) in [5.74, 6) is -0.0680. The number of halogens is 1. The molecule has 1 saturated heterocycles. The van der Waals surface area contributed by atoms with Crippen LogP contribution >= 0.6 is 0 Å². The van der Waals surface area contributed by atoms with Gasteiger partial charge in [0.1, 0.15) is 11.9 Å². The van der Waals surface area contributed by atoms with Gasteiger partial charge in [0, 0.05) is 25.0 Å². The van der Waals surface area contributed by atoms with Gasteiger partial charge in [-0.15, -0.1) is 0 Å². The van der Waals surface area contributed by atoms with Crippen LogP contribution in [0.3, 0.4) is 0 Å². The van der Waals surface area contributed by atoms with E-state index < -0.39 is 6.10 Å². The molecule has 1 heterocycles. The molecule has 2 N–H and O–H groups in total. The number of carbonyl (C=O) groups is 1. The van der Waals surface area contributed by atoms with Gasteiger partial charge in [0.2, 0.25) is 0 Å². The lowest BCUT2D eigenvalue weighted by atomic mass is 10.1. The average Bonchev–Trinajstić information content (AvgIpc) is 3.19. The molecule has 0 radical (unpaired) electrons. The van der Waals surface area contributed by atoms with E-state index in [-0.39, 0.29) is 23.7 Å². The Hall–Kier alpha value is -1.46. The summed E-state index contributed by atoms with van der Waals surface area (Å²) < 4.78 is 18.5. The number of benzene rings is 1. The minimum atomic E-state index is -0.400. The van der Waals surface area contributed by atoms with Gasteiger partial charge in [-0.3, -0.25) is 4.79 Å². The maximum Gasteiger partial charge on any atom is 0.250 e. The zero-order chi connectivity index (χ0) is 13.2. The third-order valence-electron chi connectivity index (χ3n) is 3.61. The van der Waals surface area contributed by atoms with Crippen LogP contribution in [0.1, 0.15) is 17.9 Å². The van der Waals surface area contributed by atoms with Gasteiger partial charge >= 0.3 is 0 Å².